The van der Waals surface area contributed by atoms with E-state index < -0.39 is 23.6 Å². The molecule has 0 aliphatic carbocycles. The van der Waals surface area contributed by atoms with Gasteiger partial charge in [0.2, 0.25) is 5.91 Å². The van der Waals surface area contributed by atoms with Gasteiger partial charge in [0.05, 0.1) is 24.8 Å². The molecule has 0 fully saturated rings. The van der Waals surface area contributed by atoms with Crippen LogP contribution in [-0.4, -0.2) is 19.6 Å². The molecular weight excluding hydrogens is 376 g/mol. The van der Waals surface area contributed by atoms with Crippen LogP contribution in [0.4, 0.5) is 8.78 Å². The predicted octanol–water partition coefficient (Wildman–Crippen LogP) is 4.92. The molecule has 1 amide bonds. The zero-order valence-corrected chi connectivity index (χ0v) is 15.9. The van der Waals surface area contributed by atoms with E-state index in [2.05, 4.69) is 5.32 Å². The summed E-state index contributed by atoms with van der Waals surface area (Å²) in [6, 6.07) is 5.93. The molecule has 0 spiro atoms. The van der Waals surface area contributed by atoms with Crippen LogP contribution in [0, 0.1) is 11.6 Å². The summed E-state index contributed by atoms with van der Waals surface area (Å²) >= 11 is 6.17. The van der Waals surface area contributed by atoms with Crippen molar-refractivity contribution in [3.8, 4) is 11.5 Å². The van der Waals surface area contributed by atoms with Crippen LogP contribution in [-0.2, 0) is 4.79 Å². The lowest BCUT2D eigenvalue weighted by molar-refractivity contribution is -0.117. The number of amides is 1. The van der Waals surface area contributed by atoms with Gasteiger partial charge in [-0.1, -0.05) is 17.7 Å². The van der Waals surface area contributed by atoms with E-state index in [-0.39, 0.29) is 5.56 Å². The largest absolute Gasteiger partial charge is 0.491 e. The van der Waals surface area contributed by atoms with Crippen LogP contribution in [0.15, 0.2) is 36.4 Å². The lowest BCUT2D eigenvalue weighted by Crippen LogP contribution is -2.25. The lowest BCUT2D eigenvalue weighted by Gasteiger charge is -2.14. The average molecular weight is 396 g/mol. The number of ether oxygens (including phenoxy) is 2. The SMILES string of the molecule is CCOc1cc(/C=C/C(=O)N[C@@H](C)c2ccc(F)cc2F)cc(Cl)c1OC. The first-order valence-corrected chi connectivity index (χ1v) is 8.67. The number of benzene rings is 2. The van der Waals surface area contributed by atoms with Gasteiger partial charge in [-0.05, 0) is 43.7 Å². The molecule has 0 aliphatic heterocycles. The minimum atomic E-state index is -0.713. The Kier molecular flexibility index (Phi) is 7.19. The molecule has 2 aromatic rings. The van der Waals surface area contributed by atoms with Gasteiger partial charge in [-0.2, -0.15) is 0 Å². The van der Waals surface area contributed by atoms with E-state index in [4.69, 9.17) is 21.1 Å². The van der Waals surface area contributed by atoms with E-state index in [0.29, 0.717) is 28.7 Å². The number of hydrogen-bond acceptors (Lipinski definition) is 3. The Morgan fingerprint density at radius 3 is 2.67 bits per heavy atom. The van der Waals surface area contributed by atoms with Crippen molar-refractivity contribution in [2.24, 2.45) is 0 Å². The molecule has 27 heavy (non-hydrogen) atoms. The summed E-state index contributed by atoms with van der Waals surface area (Å²) < 4.78 is 37.5. The number of hydrogen-bond donors (Lipinski definition) is 1. The molecule has 144 valence electrons. The first-order valence-electron chi connectivity index (χ1n) is 8.29. The van der Waals surface area contributed by atoms with Gasteiger partial charge < -0.3 is 14.8 Å². The Morgan fingerprint density at radius 1 is 1.30 bits per heavy atom. The van der Waals surface area contributed by atoms with Crippen molar-refractivity contribution in [3.05, 3.63) is 64.2 Å². The van der Waals surface area contributed by atoms with E-state index in [0.717, 1.165) is 12.1 Å². The van der Waals surface area contributed by atoms with Crippen molar-refractivity contribution in [1.82, 2.24) is 5.32 Å². The summed E-state index contributed by atoms with van der Waals surface area (Å²) in [5.74, 6) is -0.933. The van der Waals surface area contributed by atoms with Gasteiger partial charge in [0.25, 0.3) is 0 Å². The second-order valence-electron chi connectivity index (χ2n) is 5.70. The zero-order valence-electron chi connectivity index (χ0n) is 15.2. The van der Waals surface area contributed by atoms with Crippen LogP contribution in [0.5, 0.6) is 11.5 Å². The second-order valence-corrected chi connectivity index (χ2v) is 6.10. The number of halogens is 3. The molecule has 0 bridgehead atoms. The maximum atomic E-state index is 13.8. The van der Waals surface area contributed by atoms with E-state index in [1.807, 2.05) is 6.92 Å². The number of nitrogens with one attached hydrogen (secondary N) is 1. The van der Waals surface area contributed by atoms with E-state index in [9.17, 15) is 13.6 Å². The Bertz CT molecular complexity index is 855. The topological polar surface area (TPSA) is 47.6 Å². The Hall–Kier alpha value is -2.60. The second kappa shape index (κ2) is 9.37. The summed E-state index contributed by atoms with van der Waals surface area (Å²) in [5.41, 5.74) is 0.837. The molecule has 0 saturated heterocycles. The first-order chi connectivity index (χ1) is 12.8. The van der Waals surface area contributed by atoms with Crippen molar-refractivity contribution in [1.29, 1.82) is 0 Å². The quantitative estimate of drug-likeness (QED) is 0.677. The molecule has 0 aromatic heterocycles. The fraction of sp³-hybridized carbons (Fsp3) is 0.250. The van der Waals surface area contributed by atoms with Crippen molar-refractivity contribution < 1.29 is 23.0 Å². The maximum absolute atomic E-state index is 13.8. The van der Waals surface area contributed by atoms with Gasteiger partial charge >= 0.3 is 0 Å². The molecule has 2 rings (SSSR count). The van der Waals surface area contributed by atoms with Gasteiger partial charge in [0.1, 0.15) is 11.6 Å². The third-order valence-corrected chi connectivity index (χ3v) is 4.03. The van der Waals surface area contributed by atoms with E-state index >= 15 is 0 Å². The summed E-state index contributed by atoms with van der Waals surface area (Å²) in [7, 11) is 1.49. The highest BCUT2D eigenvalue weighted by molar-refractivity contribution is 6.32. The fourth-order valence-electron chi connectivity index (χ4n) is 2.51. The highest BCUT2D eigenvalue weighted by Gasteiger charge is 2.14. The molecule has 0 saturated carbocycles. The molecule has 7 heteroatoms. The van der Waals surface area contributed by atoms with Crippen LogP contribution < -0.4 is 14.8 Å². The number of carbonyl (C=O) groups excluding carboxylic acids is 1. The number of methoxy groups -OCH3 is 1. The Morgan fingerprint density at radius 2 is 2.04 bits per heavy atom. The minimum Gasteiger partial charge on any atom is -0.491 e. The third kappa shape index (κ3) is 5.44. The summed E-state index contributed by atoms with van der Waals surface area (Å²) in [6.07, 6.45) is 2.85. The fourth-order valence-corrected chi connectivity index (χ4v) is 2.81. The van der Waals surface area contributed by atoms with Gasteiger partial charge in [-0.3, -0.25) is 4.79 Å². The van der Waals surface area contributed by atoms with Gasteiger partial charge in [0.15, 0.2) is 11.5 Å². The predicted molar refractivity (Wildman–Crippen MR) is 101 cm³/mol. The Balaban J connectivity index is 2.12. The Labute approximate surface area is 161 Å². The van der Waals surface area contributed by atoms with Gasteiger partial charge in [0, 0.05) is 17.7 Å². The molecule has 0 heterocycles. The summed E-state index contributed by atoms with van der Waals surface area (Å²) in [5, 5.41) is 2.98. The molecule has 4 nitrogen and oxygen atoms in total. The number of carbonyl (C=O) groups is 1. The van der Waals surface area contributed by atoms with Crippen molar-refractivity contribution in [2.75, 3.05) is 13.7 Å². The lowest BCUT2D eigenvalue weighted by atomic mass is 10.1. The van der Waals surface area contributed by atoms with Crippen LogP contribution >= 0.6 is 11.6 Å². The van der Waals surface area contributed by atoms with Gasteiger partial charge in [-0.25, -0.2) is 8.78 Å². The molecule has 0 radical (unpaired) electrons. The molecule has 1 atom stereocenters. The normalized spacial score (nSPS) is 12.1. The van der Waals surface area contributed by atoms with E-state index in [1.54, 1.807) is 25.1 Å². The standard InChI is InChI=1S/C20H20ClF2NO3/c1-4-27-18-10-13(9-16(21)20(18)26-3)5-8-19(25)24-12(2)15-7-6-14(22)11-17(15)23/h5-12H,4H2,1-3H3,(H,24,25)/b8-5+/t12-/m0/s1. The number of rotatable bonds is 7. The summed E-state index contributed by atoms with van der Waals surface area (Å²) in [4.78, 5) is 12.1. The first kappa shape index (κ1) is 20.7. The smallest absolute Gasteiger partial charge is 0.244 e. The van der Waals surface area contributed by atoms with Crippen molar-refractivity contribution >= 4 is 23.6 Å². The van der Waals surface area contributed by atoms with Crippen LogP contribution in [0.1, 0.15) is 31.0 Å². The van der Waals surface area contributed by atoms with Crippen LogP contribution in [0.3, 0.4) is 0 Å². The van der Waals surface area contributed by atoms with Crippen molar-refractivity contribution in [3.63, 3.8) is 0 Å². The molecule has 0 unspecified atom stereocenters. The third-order valence-electron chi connectivity index (χ3n) is 3.75. The minimum absolute atomic E-state index is 0.198. The summed E-state index contributed by atoms with van der Waals surface area (Å²) in [6.45, 7) is 3.87. The van der Waals surface area contributed by atoms with Crippen LogP contribution in [0.25, 0.3) is 6.08 Å². The highest BCUT2D eigenvalue weighted by atomic mass is 35.5. The van der Waals surface area contributed by atoms with Crippen LogP contribution in [0.2, 0.25) is 5.02 Å². The maximum Gasteiger partial charge on any atom is 0.244 e. The van der Waals surface area contributed by atoms with E-state index in [1.165, 1.54) is 19.3 Å². The average Bonchev–Trinajstić information content (AvgIpc) is 2.60. The molecule has 2 aromatic carbocycles. The highest BCUT2D eigenvalue weighted by Crippen LogP contribution is 2.36. The molecule has 1 N–H and O–H groups in total. The monoisotopic (exact) mass is 395 g/mol. The van der Waals surface area contributed by atoms with Gasteiger partial charge in [-0.15, -0.1) is 0 Å². The molecular formula is C20H20ClF2NO3. The zero-order chi connectivity index (χ0) is 20.0. The van der Waals surface area contributed by atoms with Crippen molar-refractivity contribution in [2.45, 2.75) is 19.9 Å². The molecule has 0 aliphatic rings.